The monoisotopic (exact) mass is 340 g/mol. The van der Waals surface area contributed by atoms with Crippen molar-refractivity contribution in [1.82, 2.24) is 0 Å². The molecule has 3 heteroatoms. The van der Waals surface area contributed by atoms with Crippen LogP contribution in [0, 0.1) is 17.8 Å². The Balaban J connectivity index is 1.75. The molecule has 0 amide bonds. The largest absolute Gasteiger partial charge is 0.393 e. The lowest BCUT2D eigenvalue weighted by Gasteiger charge is -2.29. The van der Waals surface area contributed by atoms with Crippen LogP contribution < -0.4 is 0 Å². The highest BCUT2D eigenvalue weighted by Crippen LogP contribution is 2.40. The van der Waals surface area contributed by atoms with Crippen LogP contribution in [0.4, 0.5) is 0 Å². The van der Waals surface area contributed by atoms with Crippen molar-refractivity contribution in [3.05, 3.63) is 0 Å². The molecule has 0 saturated heterocycles. The van der Waals surface area contributed by atoms with E-state index in [4.69, 9.17) is 0 Å². The molecule has 24 heavy (non-hydrogen) atoms. The van der Waals surface area contributed by atoms with Crippen LogP contribution in [-0.4, -0.2) is 33.6 Å². The molecule has 2 fully saturated rings. The third kappa shape index (κ3) is 6.00. The number of aliphatic hydroxyl groups is 3. The van der Waals surface area contributed by atoms with E-state index in [9.17, 15) is 15.3 Å². The van der Waals surface area contributed by atoms with Gasteiger partial charge in [-0.1, -0.05) is 58.3 Å². The predicted molar refractivity (Wildman–Crippen MR) is 98.8 cm³/mol. The Bertz CT molecular complexity index is 327. The van der Waals surface area contributed by atoms with Crippen LogP contribution in [0.15, 0.2) is 0 Å². The maximum atomic E-state index is 10.5. The van der Waals surface area contributed by atoms with Crippen molar-refractivity contribution in [2.45, 2.75) is 115 Å². The quantitative estimate of drug-likeness (QED) is 0.516. The van der Waals surface area contributed by atoms with Gasteiger partial charge in [-0.15, -0.1) is 0 Å². The van der Waals surface area contributed by atoms with Crippen LogP contribution in [0.25, 0.3) is 0 Å². The highest BCUT2D eigenvalue weighted by molar-refractivity contribution is 4.91. The lowest BCUT2D eigenvalue weighted by molar-refractivity contribution is 0.0496. The van der Waals surface area contributed by atoms with Crippen molar-refractivity contribution in [3.63, 3.8) is 0 Å². The molecular weight excluding hydrogens is 300 g/mol. The van der Waals surface area contributed by atoms with Crippen LogP contribution in [-0.2, 0) is 0 Å². The predicted octanol–water partition coefficient (Wildman–Crippen LogP) is 4.43. The average Bonchev–Trinajstić information content (AvgIpc) is 2.86. The van der Waals surface area contributed by atoms with Gasteiger partial charge in [-0.3, -0.25) is 0 Å². The van der Waals surface area contributed by atoms with E-state index in [1.807, 2.05) is 0 Å². The van der Waals surface area contributed by atoms with Crippen molar-refractivity contribution in [2.24, 2.45) is 17.8 Å². The second-order valence-corrected chi connectivity index (χ2v) is 8.44. The Morgan fingerprint density at radius 3 is 2.12 bits per heavy atom. The summed E-state index contributed by atoms with van der Waals surface area (Å²) in [6.07, 6.45) is 14.7. The van der Waals surface area contributed by atoms with E-state index in [-0.39, 0.29) is 30.1 Å². The van der Waals surface area contributed by atoms with Crippen LogP contribution in [0.5, 0.6) is 0 Å². The molecule has 5 atom stereocenters. The summed E-state index contributed by atoms with van der Waals surface area (Å²) in [6, 6.07) is 0. The summed E-state index contributed by atoms with van der Waals surface area (Å²) >= 11 is 0. The molecule has 0 aromatic heterocycles. The Kier molecular flexibility index (Phi) is 9.07. The van der Waals surface area contributed by atoms with Gasteiger partial charge in [0.25, 0.3) is 0 Å². The molecule has 2 rings (SSSR count). The maximum absolute atomic E-state index is 10.5. The molecule has 2 aliphatic carbocycles. The van der Waals surface area contributed by atoms with E-state index in [1.165, 1.54) is 44.9 Å². The van der Waals surface area contributed by atoms with Crippen molar-refractivity contribution < 1.29 is 15.3 Å². The van der Waals surface area contributed by atoms with Gasteiger partial charge in [0.15, 0.2) is 0 Å². The van der Waals surface area contributed by atoms with Gasteiger partial charge in [-0.05, 0) is 56.3 Å². The zero-order valence-electron chi connectivity index (χ0n) is 15.7. The fourth-order valence-corrected chi connectivity index (χ4v) is 5.08. The fourth-order valence-electron chi connectivity index (χ4n) is 5.08. The molecule has 2 aliphatic rings. The summed E-state index contributed by atoms with van der Waals surface area (Å²) in [6.45, 7) is 2.23. The lowest BCUT2D eigenvalue weighted by Crippen LogP contribution is -2.27. The first kappa shape index (κ1) is 20.2. The van der Waals surface area contributed by atoms with Gasteiger partial charge in [-0.2, -0.15) is 0 Å². The van der Waals surface area contributed by atoms with Crippen LogP contribution in [0.2, 0.25) is 0 Å². The van der Waals surface area contributed by atoms with Gasteiger partial charge >= 0.3 is 0 Å². The van der Waals surface area contributed by atoms with E-state index in [2.05, 4.69) is 6.92 Å². The fraction of sp³-hybridized carbons (Fsp3) is 1.00. The molecule has 0 radical (unpaired) electrons. The van der Waals surface area contributed by atoms with Gasteiger partial charge in [-0.25, -0.2) is 0 Å². The minimum absolute atomic E-state index is 0.185. The summed E-state index contributed by atoms with van der Waals surface area (Å²) in [7, 11) is 0. The molecule has 0 bridgehead atoms. The molecule has 142 valence electrons. The Morgan fingerprint density at radius 2 is 1.46 bits per heavy atom. The minimum atomic E-state index is -0.376. The first-order valence-corrected chi connectivity index (χ1v) is 10.7. The third-order valence-electron chi connectivity index (χ3n) is 6.65. The standard InChI is InChI=1S/C21H40O3/c1-2-3-4-5-9-12-17-18(21(24)15-20(17)23)13-14-19(22)16-10-7-6-8-11-16/h16-24H,2-15H2,1H3/t17-,18-,19?,20+,21-/m1/s1. The lowest BCUT2D eigenvalue weighted by atomic mass is 9.80. The smallest absolute Gasteiger partial charge is 0.0596 e. The van der Waals surface area contributed by atoms with Crippen molar-refractivity contribution in [2.75, 3.05) is 0 Å². The number of hydrogen-bond acceptors (Lipinski definition) is 3. The van der Waals surface area contributed by atoms with Crippen LogP contribution in [0.1, 0.15) is 96.8 Å². The number of unbranched alkanes of at least 4 members (excludes halogenated alkanes) is 4. The zero-order valence-corrected chi connectivity index (χ0v) is 15.7. The summed E-state index contributed by atoms with van der Waals surface area (Å²) in [4.78, 5) is 0. The van der Waals surface area contributed by atoms with Gasteiger partial charge < -0.3 is 15.3 Å². The van der Waals surface area contributed by atoms with E-state index >= 15 is 0 Å². The first-order chi connectivity index (χ1) is 11.6. The van der Waals surface area contributed by atoms with Gasteiger partial charge in [0.1, 0.15) is 0 Å². The molecule has 1 unspecified atom stereocenters. The topological polar surface area (TPSA) is 60.7 Å². The van der Waals surface area contributed by atoms with Crippen molar-refractivity contribution in [1.29, 1.82) is 0 Å². The normalized spacial score (nSPS) is 33.0. The summed E-state index contributed by atoms with van der Waals surface area (Å²) in [5.74, 6) is 0.888. The highest BCUT2D eigenvalue weighted by atomic mass is 16.3. The molecule has 0 aromatic carbocycles. The Morgan fingerprint density at radius 1 is 0.833 bits per heavy atom. The summed E-state index contributed by atoms with van der Waals surface area (Å²) in [5.41, 5.74) is 0. The highest BCUT2D eigenvalue weighted by Gasteiger charge is 2.41. The first-order valence-electron chi connectivity index (χ1n) is 10.7. The maximum Gasteiger partial charge on any atom is 0.0596 e. The molecule has 0 aliphatic heterocycles. The molecule has 3 N–H and O–H groups in total. The minimum Gasteiger partial charge on any atom is -0.393 e. The second kappa shape index (κ2) is 10.8. The average molecular weight is 341 g/mol. The molecular formula is C21H40O3. The molecule has 0 heterocycles. The number of rotatable bonds is 10. The van der Waals surface area contributed by atoms with E-state index in [0.29, 0.717) is 12.3 Å². The number of hydrogen-bond donors (Lipinski definition) is 3. The Hall–Kier alpha value is -0.120. The third-order valence-corrected chi connectivity index (χ3v) is 6.65. The summed E-state index contributed by atoms with van der Waals surface area (Å²) in [5, 5.41) is 31.2. The molecule has 0 spiro atoms. The molecule has 3 nitrogen and oxygen atoms in total. The van der Waals surface area contributed by atoms with Crippen molar-refractivity contribution >= 4 is 0 Å². The molecule has 2 saturated carbocycles. The Labute approximate surface area is 148 Å². The van der Waals surface area contributed by atoms with Gasteiger partial charge in [0.2, 0.25) is 0 Å². The van der Waals surface area contributed by atoms with Crippen LogP contribution >= 0.6 is 0 Å². The summed E-state index contributed by atoms with van der Waals surface area (Å²) < 4.78 is 0. The van der Waals surface area contributed by atoms with Crippen LogP contribution in [0.3, 0.4) is 0 Å². The zero-order chi connectivity index (χ0) is 17.4. The van der Waals surface area contributed by atoms with E-state index in [0.717, 1.165) is 38.5 Å². The molecule has 0 aromatic rings. The number of aliphatic hydroxyl groups excluding tert-OH is 3. The van der Waals surface area contributed by atoms with Gasteiger partial charge in [0, 0.05) is 0 Å². The SMILES string of the molecule is CCCCCCC[C@@H]1[C@@H](CCC(O)C2CCCCC2)[C@H](O)C[C@@H]1O. The second-order valence-electron chi connectivity index (χ2n) is 8.44. The van der Waals surface area contributed by atoms with E-state index < -0.39 is 0 Å². The van der Waals surface area contributed by atoms with Gasteiger partial charge in [0.05, 0.1) is 18.3 Å². The van der Waals surface area contributed by atoms with E-state index in [1.54, 1.807) is 0 Å². The van der Waals surface area contributed by atoms with Crippen molar-refractivity contribution in [3.8, 4) is 0 Å².